The molecule has 0 aliphatic carbocycles. The molecule has 1 fully saturated rings. The molecule has 3 aromatic rings. The van der Waals surface area contributed by atoms with Gasteiger partial charge in [0.05, 0.1) is 18.8 Å². The highest BCUT2D eigenvalue weighted by atomic mass is 32.2. The molecule has 0 bridgehead atoms. The number of methoxy groups -OCH3 is 1. The number of amidine groups is 1. The highest BCUT2D eigenvalue weighted by molar-refractivity contribution is 8.14. The third-order valence-corrected chi connectivity index (χ3v) is 7.08. The van der Waals surface area contributed by atoms with Crippen LogP contribution in [0.3, 0.4) is 0 Å². The van der Waals surface area contributed by atoms with Crippen molar-refractivity contribution in [1.29, 1.82) is 0 Å². The molecule has 1 saturated heterocycles. The Bertz CT molecular complexity index is 1110. The van der Waals surface area contributed by atoms with Crippen molar-refractivity contribution in [2.75, 3.05) is 13.7 Å². The number of thioether (sulfide) groups is 1. The van der Waals surface area contributed by atoms with Crippen molar-refractivity contribution in [3.8, 4) is 11.4 Å². The fourth-order valence-corrected chi connectivity index (χ4v) is 5.78. The van der Waals surface area contributed by atoms with Gasteiger partial charge in [-0.25, -0.2) is 0 Å². The Balaban J connectivity index is 1.61. The van der Waals surface area contributed by atoms with E-state index < -0.39 is 0 Å². The van der Waals surface area contributed by atoms with E-state index in [-0.39, 0.29) is 12.1 Å². The van der Waals surface area contributed by atoms with Gasteiger partial charge in [-0.1, -0.05) is 30.8 Å². The first-order chi connectivity index (χ1) is 14.6. The van der Waals surface area contributed by atoms with Crippen LogP contribution in [0.25, 0.3) is 5.69 Å². The van der Waals surface area contributed by atoms with Crippen molar-refractivity contribution in [2.24, 2.45) is 4.99 Å². The van der Waals surface area contributed by atoms with Crippen LogP contribution in [0.5, 0.6) is 5.75 Å². The van der Waals surface area contributed by atoms with Gasteiger partial charge >= 0.3 is 0 Å². The zero-order valence-corrected chi connectivity index (χ0v) is 18.6. The van der Waals surface area contributed by atoms with E-state index in [1.165, 1.54) is 17.0 Å². The van der Waals surface area contributed by atoms with E-state index in [0.717, 1.165) is 28.8 Å². The number of nitrogens with zero attached hydrogens (tertiary/aromatic N) is 4. The Morgan fingerprint density at radius 2 is 1.97 bits per heavy atom. The zero-order valence-electron chi connectivity index (χ0n) is 17.7. The second-order valence-electron chi connectivity index (χ2n) is 8.00. The van der Waals surface area contributed by atoms with Gasteiger partial charge in [0.15, 0.2) is 5.17 Å². The number of aryl methyl sites for hydroxylation is 1. The minimum Gasteiger partial charge on any atom is -0.497 e. The van der Waals surface area contributed by atoms with Crippen LogP contribution in [0.2, 0.25) is 0 Å². The minimum absolute atomic E-state index is 0.0143. The van der Waals surface area contributed by atoms with Crippen LogP contribution in [0, 0.1) is 13.8 Å². The van der Waals surface area contributed by atoms with E-state index in [9.17, 15) is 0 Å². The fraction of sp³-hybridized carbons (Fsp3) is 0.333. The summed E-state index contributed by atoms with van der Waals surface area (Å²) in [6, 6.07) is 16.9. The first-order valence-electron chi connectivity index (χ1n) is 10.3. The van der Waals surface area contributed by atoms with Crippen LogP contribution >= 0.6 is 11.8 Å². The molecule has 0 radical (unpaired) electrons. The summed E-state index contributed by atoms with van der Waals surface area (Å²) in [5.74, 6) is 0.865. The van der Waals surface area contributed by atoms with E-state index in [1.807, 2.05) is 36.2 Å². The minimum atomic E-state index is 0.0143. The number of pyridine rings is 1. The van der Waals surface area contributed by atoms with E-state index in [1.54, 1.807) is 7.11 Å². The highest BCUT2D eigenvalue weighted by Crippen LogP contribution is 2.48. The second-order valence-corrected chi connectivity index (χ2v) is 9.41. The lowest BCUT2D eigenvalue weighted by atomic mass is 9.96. The molecule has 2 aliphatic rings. The predicted octanol–water partition coefficient (Wildman–Crippen LogP) is 5.09. The summed E-state index contributed by atoms with van der Waals surface area (Å²) in [5.41, 5.74) is 5.92. The molecule has 2 aromatic heterocycles. The molecule has 2 aliphatic heterocycles. The summed E-state index contributed by atoms with van der Waals surface area (Å²) in [7, 11) is 1.71. The fourth-order valence-electron chi connectivity index (χ4n) is 4.69. The average molecular weight is 419 g/mol. The number of benzene rings is 1. The maximum absolute atomic E-state index is 5.46. The maximum atomic E-state index is 5.46. The lowest BCUT2D eigenvalue weighted by molar-refractivity contribution is 0.320. The van der Waals surface area contributed by atoms with Crippen LogP contribution in [0.15, 0.2) is 59.7 Å². The van der Waals surface area contributed by atoms with E-state index in [4.69, 9.17) is 9.73 Å². The van der Waals surface area contributed by atoms with Gasteiger partial charge in [0.1, 0.15) is 11.8 Å². The normalized spacial score (nSPS) is 22.9. The van der Waals surface area contributed by atoms with Gasteiger partial charge in [-0.15, -0.1) is 0 Å². The number of hydrogen-bond donors (Lipinski definition) is 0. The molecule has 0 N–H and O–H groups in total. The Kier molecular flexibility index (Phi) is 4.82. The largest absolute Gasteiger partial charge is 0.497 e. The highest BCUT2D eigenvalue weighted by Gasteiger charge is 2.44. The lowest BCUT2D eigenvalue weighted by Crippen LogP contribution is -2.28. The van der Waals surface area contributed by atoms with Crippen molar-refractivity contribution < 1.29 is 4.74 Å². The zero-order chi connectivity index (χ0) is 20.8. The smallest absolute Gasteiger partial charge is 0.160 e. The number of fused-ring (bicyclic) bond motifs is 1. The van der Waals surface area contributed by atoms with Crippen molar-refractivity contribution in [1.82, 2.24) is 14.5 Å². The predicted molar refractivity (Wildman–Crippen MR) is 123 cm³/mol. The summed E-state index contributed by atoms with van der Waals surface area (Å²) in [6.45, 7) is 7.67. The van der Waals surface area contributed by atoms with Crippen LogP contribution in [0.1, 0.15) is 41.7 Å². The summed E-state index contributed by atoms with van der Waals surface area (Å²) in [6.07, 6.45) is 1.87. The van der Waals surface area contributed by atoms with Crippen LogP contribution < -0.4 is 4.74 Å². The molecule has 0 unspecified atom stereocenters. The Morgan fingerprint density at radius 3 is 2.73 bits per heavy atom. The second kappa shape index (κ2) is 7.51. The van der Waals surface area contributed by atoms with E-state index >= 15 is 0 Å². The number of ether oxygens (including phenoxy) is 1. The molecular formula is C24H26N4OS. The monoisotopic (exact) mass is 418 g/mol. The van der Waals surface area contributed by atoms with Gasteiger partial charge in [0.25, 0.3) is 0 Å². The molecule has 0 saturated carbocycles. The molecule has 3 atom stereocenters. The standard InChI is InChI=1S/C24H26N4OS/c1-15-12-20(17(3)28(15)18-8-7-9-19(13-18)29-4)23-22(21-10-5-6-11-25-21)26-24-27(23)14-16(2)30-24/h5-13,16,22-23H,14H2,1-4H3/t16-,22-,23-/m0/s1. The van der Waals surface area contributed by atoms with Crippen LogP contribution in [0.4, 0.5) is 0 Å². The number of hydrogen-bond acceptors (Lipinski definition) is 5. The maximum Gasteiger partial charge on any atom is 0.160 e. The molecule has 6 heteroatoms. The van der Waals surface area contributed by atoms with Crippen molar-refractivity contribution in [3.05, 3.63) is 77.4 Å². The topological polar surface area (TPSA) is 42.6 Å². The molecule has 30 heavy (non-hydrogen) atoms. The molecule has 1 aromatic carbocycles. The molecule has 0 spiro atoms. The van der Waals surface area contributed by atoms with Gasteiger partial charge in [-0.3, -0.25) is 9.98 Å². The van der Waals surface area contributed by atoms with Gasteiger partial charge in [0.2, 0.25) is 0 Å². The summed E-state index contributed by atoms with van der Waals surface area (Å²) in [5, 5.41) is 1.70. The SMILES string of the molecule is COc1cccc(-n2c(C)cc([C@H]3[C@H](c4ccccn4)N=C4S[C@@H](C)CN43)c2C)c1. The number of rotatable bonds is 4. The number of aliphatic imine (C=N–C) groups is 1. The van der Waals surface area contributed by atoms with Gasteiger partial charge in [0, 0.05) is 41.1 Å². The van der Waals surface area contributed by atoms with Crippen molar-refractivity contribution in [2.45, 2.75) is 38.1 Å². The third kappa shape index (κ3) is 3.10. The molecule has 154 valence electrons. The van der Waals surface area contributed by atoms with Crippen molar-refractivity contribution in [3.63, 3.8) is 0 Å². The van der Waals surface area contributed by atoms with Gasteiger partial charge < -0.3 is 14.2 Å². The van der Waals surface area contributed by atoms with E-state index in [0.29, 0.717) is 5.25 Å². The average Bonchev–Trinajstić information content (AvgIpc) is 3.38. The summed E-state index contributed by atoms with van der Waals surface area (Å²) < 4.78 is 7.77. The molecule has 5 rings (SSSR count). The molecule has 0 amide bonds. The molecule has 5 nitrogen and oxygen atoms in total. The first kappa shape index (κ1) is 19.2. The molecule has 4 heterocycles. The van der Waals surface area contributed by atoms with Crippen LogP contribution in [-0.4, -0.2) is 38.5 Å². The summed E-state index contributed by atoms with van der Waals surface area (Å²) in [4.78, 5) is 12.3. The first-order valence-corrected chi connectivity index (χ1v) is 11.2. The van der Waals surface area contributed by atoms with Gasteiger partial charge in [-0.05, 0) is 49.7 Å². The Hall–Kier alpha value is -2.73. The van der Waals surface area contributed by atoms with E-state index in [2.05, 4.69) is 65.6 Å². The van der Waals surface area contributed by atoms with Crippen LogP contribution in [-0.2, 0) is 0 Å². The number of aromatic nitrogens is 2. The molecular weight excluding hydrogens is 392 g/mol. The third-order valence-electron chi connectivity index (χ3n) is 5.98. The van der Waals surface area contributed by atoms with Crippen molar-refractivity contribution >= 4 is 16.9 Å². The lowest BCUT2D eigenvalue weighted by Gasteiger charge is -2.27. The van der Waals surface area contributed by atoms with Gasteiger partial charge in [-0.2, -0.15) is 0 Å². The summed E-state index contributed by atoms with van der Waals surface area (Å²) >= 11 is 1.88. The quantitative estimate of drug-likeness (QED) is 0.592. The Labute approximate surface area is 181 Å². The Morgan fingerprint density at radius 1 is 1.10 bits per heavy atom.